The Bertz CT molecular complexity index is 390. The van der Waals surface area contributed by atoms with Crippen molar-refractivity contribution >= 4 is 5.82 Å². The summed E-state index contributed by atoms with van der Waals surface area (Å²) >= 11 is 0. The minimum Gasteiger partial charge on any atom is -0.385 e. The van der Waals surface area contributed by atoms with Crippen LogP contribution in [0.15, 0.2) is 17.2 Å². The van der Waals surface area contributed by atoms with E-state index in [1.165, 1.54) is 0 Å². The summed E-state index contributed by atoms with van der Waals surface area (Å²) in [5.74, 6) is 0.421. The van der Waals surface area contributed by atoms with Crippen molar-refractivity contribution < 1.29 is 4.74 Å². The maximum Gasteiger partial charge on any atom is 0.293 e. The molecule has 17 heavy (non-hydrogen) atoms. The zero-order chi connectivity index (χ0) is 12.7. The second-order valence-corrected chi connectivity index (χ2v) is 4.10. The highest BCUT2D eigenvalue weighted by atomic mass is 16.5. The molecule has 0 aliphatic rings. The molecule has 0 saturated carbocycles. The van der Waals surface area contributed by atoms with Gasteiger partial charge in [-0.15, -0.1) is 0 Å². The Labute approximate surface area is 102 Å². The summed E-state index contributed by atoms with van der Waals surface area (Å²) in [5, 5.41) is 3.12. The van der Waals surface area contributed by atoms with Gasteiger partial charge in [0.15, 0.2) is 5.82 Å². The Morgan fingerprint density at radius 2 is 2.35 bits per heavy atom. The molecule has 0 fully saturated rings. The molecule has 1 aromatic rings. The van der Waals surface area contributed by atoms with Gasteiger partial charge >= 0.3 is 0 Å². The van der Waals surface area contributed by atoms with Crippen molar-refractivity contribution in [1.29, 1.82) is 0 Å². The van der Waals surface area contributed by atoms with E-state index in [-0.39, 0.29) is 11.6 Å². The van der Waals surface area contributed by atoms with Crippen molar-refractivity contribution in [3.63, 3.8) is 0 Å². The molecule has 1 aromatic heterocycles. The van der Waals surface area contributed by atoms with Crippen molar-refractivity contribution in [2.24, 2.45) is 0 Å². The molecular weight excluding hydrogens is 218 g/mol. The average Bonchev–Trinajstić information content (AvgIpc) is 2.32. The number of aryl methyl sites for hydroxylation is 1. The number of hydrogen-bond acceptors (Lipinski definition) is 4. The minimum absolute atomic E-state index is 0.0568. The molecule has 0 radical (unpaired) electrons. The fourth-order valence-electron chi connectivity index (χ4n) is 1.56. The molecule has 1 atom stereocenters. The van der Waals surface area contributed by atoms with Gasteiger partial charge in [0.2, 0.25) is 0 Å². The van der Waals surface area contributed by atoms with E-state index in [1.807, 2.05) is 13.8 Å². The van der Waals surface area contributed by atoms with E-state index >= 15 is 0 Å². The third-order valence-corrected chi connectivity index (χ3v) is 2.52. The van der Waals surface area contributed by atoms with Crippen LogP contribution in [0.1, 0.15) is 26.7 Å². The monoisotopic (exact) mass is 239 g/mol. The fourth-order valence-corrected chi connectivity index (χ4v) is 1.56. The summed E-state index contributed by atoms with van der Waals surface area (Å²) in [5.41, 5.74) is -0.0568. The average molecular weight is 239 g/mol. The molecule has 1 heterocycles. The lowest BCUT2D eigenvalue weighted by Crippen LogP contribution is -2.28. The second kappa shape index (κ2) is 7.06. The normalized spacial score (nSPS) is 12.4. The van der Waals surface area contributed by atoms with Gasteiger partial charge < -0.3 is 14.6 Å². The summed E-state index contributed by atoms with van der Waals surface area (Å²) in [6.45, 7) is 5.45. The van der Waals surface area contributed by atoms with Crippen LogP contribution in [0.3, 0.4) is 0 Å². The van der Waals surface area contributed by atoms with Crippen LogP contribution in [0, 0.1) is 0 Å². The number of ether oxygens (including phenoxy) is 1. The number of aromatic nitrogens is 2. The first-order valence-corrected chi connectivity index (χ1v) is 6.00. The molecule has 0 aliphatic carbocycles. The minimum atomic E-state index is -0.0568. The maximum atomic E-state index is 12.0. The van der Waals surface area contributed by atoms with Gasteiger partial charge in [-0.25, -0.2) is 4.98 Å². The van der Waals surface area contributed by atoms with Gasteiger partial charge in [-0.2, -0.15) is 0 Å². The first-order valence-electron chi connectivity index (χ1n) is 6.00. The van der Waals surface area contributed by atoms with Crippen LogP contribution in [0.2, 0.25) is 0 Å². The number of hydrogen-bond donors (Lipinski definition) is 1. The first-order chi connectivity index (χ1) is 8.19. The van der Waals surface area contributed by atoms with Gasteiger partial charge in [-0.05, 0) is 19.8 Å². The molecule has 0 saturated heterocycles. The molecule has 1 rings (SSSR count). The summed E-state index contributed by atoms with van der Waals surface area (Å²) < 4.78 is 6.68. The Balaban J connectivity index is 2.70. The second-order valence-electron chi connectivity index (χ2n) is 4.10. The zero-order valence-corrected chi connectivity index (χ0v) is 10.8. The highest BCUT2D eigenvalue weighted by molar-refractivity contribution is 5.31. The number of nitrogens with one attached hydrogen (secondary N) is 1. The first kappa shape index (κ1) is 13.7. The van der Waals surface area contributed by atoms with Gasteiger partial charge in [0.1, 0.15) is 0 Å². The lowest BCUT2D eigenvalue weighted by Gasteiger charge is -2.14. The van der Waals surface area contributed by atoms with Gasteiger partial charge in [-0.1, -0.05) is 6.92 Å². The van der Waals surface area contributed by atoms with Gasteiger partial charge in [-0.3, -0.25) is 4.79 Å². The summed E-state index contributed by atoms with van der Waals surface area (Å²) in [7, 11) is 1.67. The number of rotatable bonds is 7. The maximum absolute atomic E-state index is 12.0. The predicted octanol–water partition coefficient (Wildman–Crippen LogP) is 1.49. The third-order valence-electron chi connectivity index (χ3n) is 2.52. The largest absolute Gasteiger partial charge is 0.385 e. The molecule has 0 spiro atoms. The van der Waals surface area contributed by atoms with Gasteiger partial charge in [0.25, 0.3) is 5.56 Å². The van der Waals surface area contributed by atoms with E-state index in [0.717, 1.165) is 19.4 Å². The topological polar surface area (TPSA) is 56.1 Å². The van der Waals surface area contributed by atoms with Crippen LogP contribution in [0.5, 0.6) is 0 Å². The number of nitrogens with zero attached hydrogens (tertiary/aromatic N) is 2. The molecule has 0 bridgehead atoms. The van der Waals surface area contributed by atoms with E-state index in [1.54, 1.807) is 24.1 Å². The standard InChI is InChI=1S/C12H21N3O2/c1-4-7-15-8-6-13-11(12(15)16)14-10(2)5-9-17-3/h6,8,10H,4-5,7,9H2,1-3H3,(H,13,14). The van der Waals surface area contributed by atoms with Crippen LogP contribution in [0.4, 0.5) is 5.82 Å². The van der Waals surface area contributed by atoms with Crippen LogP contribution in [-0.2, 0) is 11.3 Å². The molecule has 96 valence electrons. The molecule has 0 aliphatic heterocycles. The Morgan fingerprint density at radius 1 is 1.59 bits per heavy atom. The van der Waals surface area contributed by atoms with Crippen molar-refractivity contribution in [3.8, 4) is 0 Å². The van der Waals surface area contributed by atoms with E-state index in [4.69, 9.17) is 4.74 Å². The molecule has 1 unspecified atom stereocenters. The molecule has 0 amide bonds. The zero-order valence-electron chi connectivity index (χ0n) is 10.8. The van der Waals surface area contributed by atoms with Crippen molar-refractivity contribution in [3.05, 3.63) is 22.7 Å². The summed E-state index contributed by atoms with van der Waals surface area (Å²) in [6.07, 6.45) is 5.15. The smallest absolute Gasteiger partial charge is 0.293 e. The van der Waals surface area contributed by atoms with Crippen LogP contribution in [0.25, 0.3) is 0 Å². The van der Waals surface area contributed by atoms with E-state index in [2.05, 4.69) is 10.3 Å². The van der Waals surface area contributed by atoms with E-state index in [9.17, 15) is 4.79 Å². The highest BCUT2D eigenvalue weighted by Crippen LogP contribution is 2.00. The predicted molar refractivity (Wildman–Crippen MR) is 68.4 cm³/mol. The van der Waals surface area contributed by atoms with Gasteiger partial charge in [0, 0.05) is 38.7 Å². The summed E-state index contributed by atoms with van der Waals surface area (Å²) in [6, 6.07) is 0.174. The highest BCUT2D eigenvalue weighted by Gasteiger charge is 2.07. The molecule has 5 heteroatoms. The SMILES string of the molecule is CCCn1ccnc(NC(C)CCOC)c1=O. The van der Waals surface area contributed by atoms with Gasteiger partial charge in [0.05, 0.1) is 0 Å². The Morgan fingerprint density at radius 3 is 3.00 bits per heavy atom. The Kier molecular flexibility index (Phi) is 5.69. The third kappa shape index (κ3) is 4.19. The van der Waals surface area contributed by atoms with Crippen LogP contribution >= 0.6 is 0 Å². The Hall–Kier alpha value is -1.36. The van der Waals surface area contributed by atoms with E-state index < -0.39 is 0 Å². The van der Waals surface area contributed by atoms with E-state index in [0.29, 0.717) is 12.4 Å². The number of methoxy groups -OCH3 is 1. The van der Waals surface area contributed by atoms with Crippen LogP contribution < -0.4 is 10.9 Å². The summed E-state index contributed by atoms with van der Waals surface area (Å²) in [4.78, 5) is 16.1. The van der Waals surface area contributed by atoms with Crippen molar-refractivity contribution in [2.45, 2.75) is 39.3 Å². The fraction of sp³-hybridized carbons (Fsp3) is 0.667. The lowest BCUT2D eigenvalue weighted by molar-refractivity contribution is 0.191. The van der Waals surface area contributed by atoms with Crippen molar-refractivity contribution in [1.82, 2.24) is 9.55 Å². The molecule has 5 nitrogen and oxygen atoms in total. The van der Waals surface area contributed by atoms with Crippen LogP contribution in [-0.4, -0.2) is 29.3 Å². The molecular formula is C12H21N3O2. The molecule has 0 aromatic carbocycles. The lowest BCUT2D eigenvalue weighted by atomic mass is 10.2. The number of anilines is 1. The quantitative estimate of drug-likeness (QED) is 0.783. The molecule has 1 N–H and O–H groups in total. The van der Waals surface area contributed by atoms with Crippen molar-refractivity contribution in [2.75, 3.05) is 19.0 Å².